The highest BCUT2D eigenvalue weighted by atomic mass is 16.6. The number of rotatable bonds is 2. The fourth-order valence-corrected chi connectivity index (χ4v) is 5.04. The second-order valence-electron chi connectivity index (χ2n) is 8.84. The molecular formula is C22H32O7. The maximum Gasteiger partial charge on any atom is 0.337 e. The van der Waals surface area contributed by atoms with Gasteiger partial charge < -0.3 is 24.4 Å². The predicted molar refractivity (Wildman–Crippen MR) is 105 cm³/mol. The fourth-order valence-electron chi connectivity index (χ4n) is 5.04. The first-order chi connectivity index (χ1) is 13.6. The van der Waals surface area contributed by atoms with Crippen molar-refractivity contribution in [3.63, 3.8) is 0 Å². The molecular weight excluding hydrogens is 376 g/mol. The number of ketones is 1. The first kappa shape index (κ1) is 22.0. The summed E-state index contributed by atoms with van der Waals surface area (Å²) in [5.74, 6) is -1.36. The van der Waals surface area contributed by atoms with Crippen molar-refractivity contribution < 1.29 is 34.0 Å². The topological polar surface area (TPSA) is 102 Å². The third kappa shape index (κ3) is 4.00. The van der Waals surface area contributed by atoms with Gasteiger partial charge in [0.2, 0.25) is 0 Å². The van der Waals surface area contributed by atoms with Crippen LogP contribution in [-0.4, -0.2) is 59.1 Å². The molecule has 0 aromatic rings. The van der Waals surface area contributed by atoms with Crippen molar-refractivity contribution in [2.45, 2.75) is 82.9 Å². The summed E-state index contributed by atoms with van der Waals surface area (Å²) in [5, 5.41) is 21.7. The number of methoxy groups -OCH3 is 1. The minimum atomic E-state index is -1.04. The minimum Gasteiger partial charge on any atom is -0.511 e. The molecule has 0 unspecified atom stereocenters. The summed E-state index contributed by atoms with van der Waals surface area (Å²) in [7, 11) is 1.42. The van der Waals surface area contributed by atoms with Crippen LogP contribution in [0.25, 0.3) is 0 Å². The molecule has 4 heterocycles. The normalized spacial score (nSPS) is 41.5. The number of ether oxygens (including phenoxy) is 3. The second-order valence-corrected chi connectivity index (χ2v) is 8.84. The van der Waals surface area contributed by atoms with Gasteiger partial charge in [0, 0.05) is 19.1 Å². The summed E-state index contributed by atoms with van der Waals surface area (Å²) in [4.78, 5) is 25.5. The van der Waals surface area contributed by atoms with E-state index in [0.717, 1.165) is 0 Å². The van der Waals surface area contributed by atoms with Gasteiger partial charge in [0.1, 0.15) is 24.1 Å². The van der Waals surface area contributed by atoms with Gasteiger partial charge in [-0.15, -0.1) is 0 Å². The van der Waals surface area contributed by atoms with Crippen LogP contribution in [0.4, 0.5) is 0 Å². The predicted octanol–water partition coefficient (Wildman–Crippen LogP) is 2.62. The van der Waals surface area contributed by atoms with E-state index < -0.39 is 41.9 Å². The summed E-state index contributed by atoms with van der Waals surface area (Å²) >= 11 is 0. The molecule has 0 spiro atoms. The molecule has 7 nitrogen and oxygen atoms in total. The molecule has 0 amide bonds. The van der Waals surface area contributed by atoms with Crippen LogP contribution in [0.5, 0.6) is 0 Å². The monoisotopic (exact) mass is 408 g/mol. The lowest BCUT2D eigenvalue weighted by Gasteiger charge is -2.35. The third-order valence-corrected chi connectivity index (χ3v) is 6.68. The summed E-state index contributed by atoms with van der Waals surface area (Å²) in [6.45, 7) is 9.66. The van der Waals surface area contributed by atoms with E-state index in [1.54, 1.807) is 0 Å². The number of aliphatic hydroxyl groups is 2. The van der Waals surface area contributed by atoms with Gasteiger partial charge in [-0.1, -0.05) is 20.4 Å². The Balaban J connectivity index is 2.03. The van der Waals surface area contributed by atoms with Gasteiger partial charge in [0.05, 0.1) is 23.2 Å². The van der Waals surface area contributed by atoms with Crippen molar-refractivity contribution in [1.82, 2.24) is 0 Å². The van der Waals surface area contributed by atoms with E-state index in [2.05, 4.69) is 6.58 Å². The number of esters is 1. The Morgan fingerprint density at radius 1 is 1.34 bits per heavy atom. The van der Waals surface area contributed by atoms with Crippen LogP contribution in [0.3, 0.4) is 0 Å². The molecule has 7 atom stereocenters. The Labute approximate surface area is 171 Å². The lowest BCUT2D eigenvalue weighted by molar-refractivity contribution is -0.153. The highest BCUT2D eigenvalue weighted by molar-refractivity contribution is 5.97. The molecule has 0 aromatic heterocycles. The van der Waals surface area contributed by atoms with E-state index in [4.69, 9.17) is 14.2 Å². The van der Waals surface area contributed by atoms with Crippen LogP contribution < -0.4 is 0 Å². The Kier molecular flexibility index (Phi) is 6.22. The van der Waals surface area contributed by atoms with Crippen molar-refractivity contribution in [2.75, 3.05) is 7.11 Å². The first-order valence-corrected chi connectivity index (χ1v) is 10.4. The number of hydrogen-bond donors (Lipinski definition) is 2. The molecule has 2 N–H and O–H groups in total. The number of fused-ring (bicyclic) bond motifs is 7. The van der Waals surface area contributed by atoms with E-state index in [1.165, 1.54) is 7.11 Å². The van der Waals surface area contributed by atoms with Crippen LogP contribution in [0, 0.1) is 11.8 Å². The van der Waals surface area contributed by atoms with Gasteiger partial charge in [0.15, 0.2) is 5.78 Å². The lowest BCUT2D eigenvalue weighted by atomic mass is 9.84. The van der Waals surface area contributed by atoms with Gasteiger partial charge in [0.25, 0.3) is 0 Å². The molecule has 4 bridgehead atoms. The summed E-state index contributed by atoms with van der Waals surface area (Å²) in [6.07, 6.45) is -1.34. The Bertz CT molecular complexity index is 727. The van der Waals surface area contributed by atoms with Crippen LogP contribution in [0.2, 0.25) is 0 Å². The lowest BCUT2D eigenvalue weighted by Crippen LogP contribution is -2.45. The second kappa shape index (κ2) is 8.20. The number of Topliss-reactive ketones (excluding diaryl/α,β-unsaturated/α-hetero) is 1. The molecule has 0 aliphatic carbocycles. The number of hydrogen-bond acceptors (Lipinski definition) is 7. The SMILES string of the molecule is C=C1C(=O)C[C@H]2OC(=O)C(=C(O)[C@@H]2CC)CC[C@@]2(C)C[C@H](C)[C@@H](O2)[C@@H](O)[C@H]1OC. The van der Waals surface area contributed by atoms with Crippen molar-refractivity contribution in [3.8, 4) is 0 Å². The molecule has 2 saturated heterocycles. The van der Waals surface area contributed by atoms with Crippen molar-refractivity contribution in [3.05, 3.63) is 23.5 Å². The van der Waals surface area contributed by atoms with Crippen molar-refractivity contribution in [1.29, 1.82) is 0 Å². The minimum absolute atomic E-state index is 0.0127. The molecule has 4 aliphatic heterocycles. The van der Waals surface area contributed by atoms with Crippen LogP contribution >= 0.6 is 0 Å². The summed E-state index contributed by atoms with van der Waals surface area (Å²) < 4.78 is 17.2. The van der Waals surface area contributed by atoms with Gasteiger partial charge in [-0.3, -0.25) is 4.79 Å². The molecule has 4 aliphatic rings. The summed E-state index contributed by atoms with van der Waals surface area (Å²) in [6, 6.07) is 0. The van der Waals surface area contributed by atoms with Gasteiger partial charge in [-0.05, 0) is 38.5 Å². The zero-order valence-corrected chi connectivity index (χ0v) is 17.6. The van der Waals surface area contributed by atoms with E-state index in [9.17, 15) is 19.8 Å². The maximum atomic E-state index is 12.9. The van der Waals surface area contributed by atoms with Crippen molar-refractivity contribution in [2.24, 2.45) is 11.8 Å². The Morgan fingerprint density at radius 2 is 2.03 bits per heavy atom. The molecule has 7 heteroatoms. The quantitative estimate of drug-likeness (QED) is 0.535. The van der Waals surface area contributed by atoms with Gasteiger partial charge >= 0.3 is 5.97 Å². The standard InChI is InChI=1S/C22H32O7/c1-6-13-16-9-15(23)12(3)20(27-5)18(25)19-11(2)10-22(4,29-19)8-7-14(17(13)24)21(26)28-16/h11,13,16,18-20,24-25H,3,6-10H2,1-2,4-5H3/t11-,13+,16+,18+,19+,20-,22-/m0/s1. The highest BCUT2D eigenvalue weighted by Crippen LogP contribution is 2.43. The van der Waals surface area contributed by atoms with Crippen LogP contribution in [0.15, 0.2) is 23.5 Å². The zero-order valence-electron chi connectivity index (χ0n) is 17.6. The van der Waals surface area contributed by atoms with Gasteiger partial charge in [-0.2, -0.15) is 0 Å². The van der Waals surface area contributed by atoms with Crippen LogP contribution in [-0.2, 0) is 23.8 Å². The van der Waals surface area contributed by atoms with E-state index in [0.29, 0.717) is 25.7 Å². The molecule has 29 heavy (non-hydrogen) atoms. The third-order valence-electron chi connectivity index (χ3n) is 6.68. The average molecular weight is 408 g/mol. The molecule has 4 rings (SSSR count). The largest absolute Gasteiger partial charge is 0.511 e. The highest BCUT2D eigenvalue weighted by Gasteiger charge is 2.48. The molecule has 0 aromatic carbocycles. The fraction of sp³-hybridized carbons (Fsp3) is 0.727. The van der Waals surface area contributed by atoms with Crippen molar-refractivity contribution >= 4 is 11.8 Å². The Hall–Kier alpha value is -1.70. The average Bonchev–Trinajstić information content (AvgIpc) is 2.96. The molecule has 162 valence electrons. The maximum absolute atomic E-state index is 12.9. The first-order valence-electron chi connectivity index (χ1n) is 10.4. The van der Waals surface area contributed by atoms with E-state index in [-0.39, 0.29) is 35.0 Å². The van der Waals surface area contributed by atoms with Gasteiger partial charge in [-0.25, -0.2) is 4.79 Å². The Morgan fingerprint density at radius 3 is 2.66 bits per heavy atom. The summed E-state index contributed by atoms with van der Waals surface area (Å²) in [5.41, 5.74) is -0.209. The molecule has 2 fully saturated rings. The number of carbonyl (C=O) groups is 2. The molecule has 0 radical (unpaired) electrons. The molecule has 0 saturated carbocycles. The van der Waals surface area contributed by atoms with E-state index >= 15 is 0 Å². The number of carbonyl (C=O) groups excluding carboxylic acids is 2. The van der Waals surface area contributed by atoms with Crippen LogP contribution in [0.1, 0.15) is 52.9 Å². The zero-order chi connectivity index (χ0) is 21.5. The van der Waals surface area contributed by atoms with E-state index in [1.807, 2.05) is 20.8 Å². The number of aliphatic hydroxyl groups excluding tert-OH is 2. The smallest absolute Gasteiger partial charge is 0.337 e.